The normalized spacial score (nSPS) is 11.9. The predicted molar refractivity (Wildman–Crippen MR) is 58.2 cm³/mol. The second-order valence-electron chi connectivity index (χ2n) is 3.10. The van der Waals surface area contributed by atoms with Crippen LogP contribution in [0.25, 0.3) is 0 Å². The van der Waals surface area contributed by atoms with E-state index in [1.165, 1.54) is 18.2 Å². The summed E-state index contributed by atoms with van der Waals surface area (Å²) >= 11 is 5.83. The van der Waals surface area contributed by atoms with E-state index >= 15 is 0 Å². The number of rotatable bonds is 3. The van der Waals surface area contributed by atoms with Gasteiger partial charge in [0.15, 0.2) is 0 Å². The number of carbonyl (C=O) groups is 1. The fourth-order valence-electron chi connectivity index (χ4n) is 1.20. The highest BCUT2D eigenvalue weighted by atomic mass is 35.5. The topological polar surface area (TPSA) is 29.1 Å². The molecule has 0 aliphatic carbocycles. The Labute approximate surface area is 92.7 Å². The standard InChI is InChI=1S/C11H11ClFNO/c1-3-11(15)14-7(2)9-5-4-8(13)6-10(9)12/h3-7H,1H2,2H3,(H,14,15)/t7-/m0/s1. The second-order valence-corrected chi connectivity index (χ2v) is 3.51. The first kappa shape index (κ1) is 11.7. The van der Waals surface area contributed by atoms with E-state index in [0.717, 1.165) is 0 Å². The summed E-state index contributed by atoms with van der Waals surface area (Å²) < 4.78 is 12.8. The molecule has 0 aliphatic heterocycles. The van der Waals surface area contributed by atoms with Crippen LogP contribution >= 0.6 is 11.6 Å². The van der Waals surface area contributed by atoms with Gasteiger partial charge < -0.3 is 5.32 Å². The van der Waals surface area contributed by atoms with E-state index in [9.17, 15) is 9.18 Å². The molecule has 0 radical (unpaired) electrons. The summed E-state index contributed by atoms with van der Waals surface area (Å²) in [5, 5.41) is 2.94. The molecule has 80 valence electrons. The molecule has 0 spiro atoms. The molecule has 0 aromatic heterocycles. The van der Waals surface area contributed by atoms with Crippen LogP contribution in [-0.2, 0) is 4.79 Å². The summed E-state index contributed by atoms with van der Waals surface area (Å²) in [6, 6.07) is 3.79. The zero-order valence-electron chi connectivity index (χ0n) is 8.26. The number of hydrogen-bond acceptors (Lipinski definition) is 1. The minimum atomic E-state index is -0.397. The van der Waals surface area contributed by atoms with Crippen LogP contribution in [-0.4, -0.2) is 5.91 Å². The van der Waals surface area contributed by atoms with Crippen molar-refractivity contribution < 1.29 is 9.18 Å². The molecular weight excluding hydrogens is 217 g/mol. The number of halogens is 2. The molecule has 4 heteroatoms. The molecular formula is C11H11ClFNO. The molecule has 0 unspecified atom stereocenters. The highest BCUT2D eigenvalue weighted by molar-refractivity contribution is 6.31. The number of amides is 1. The fourth-order valence-corrected chi connectivity index (χ4v) is 1.53. The Morgan fingerprint density at radius 2 is 2.33 bits per heavy atom. The first-order valence-corrected chi connectivity index (χ1v) is 4.80. The molecule has 1 N–H and O–H groups in total. The van der Waals surface area contributed by atoms with Crippen LogP contribution in [0.4, 0.5) is 4.39 Å². The van der Waals surface area contributed by atoms with Crippen molar-refractivity contribution in [3.05, 3.63) is 47.3 Å². The van der Waals surface area contributed by atoms with Crippen molar-refractivity contribution in [3.8, 4) is 0 Å². The Morgan fingerprint density at radius 3 is 2.87 bits per heavy atom. The highest BCUT2D eigenvalue weighted by Crippen LogP contribution is 2.23. The van der Waals surface area contributed by atoms with Gasteiger partial charge >= 0.3 is 0 Å². The van der Waals surface area contributed by atoms with E-state index in [1.807, 2.05) is 0 Å². The van der Waals surface area contributed by atoms with Crippen LogP contribution in [0.5, 0.6) is 0 Å². The van der Waals surface area contributed by atoms with Crippen molar-refractivity contribution in [2.45, 2.75) is 13.0 Å². The summed E-state index contributed by atoms with van der Waals surface area (Å²) in [6.45, 7) is 5.10. The highest BCUT2D eigenvalue weighted by Gasteiger charge is 2.11. The van der Waals surface area contributed by atoms with Gasteiger partial charge in [-0.25, -0.2) is 4.39 Å². The minimum absolute atomic E-state index is 0.274. The van der Waals surface area contributed by atoms with Crippen LogP contribution in [0.2, 0.25) is 5.02 Å². The summed E-state index contributed by atoms with van der Waals surface area (Å²) in [4.78, 5) is 11.0. The maximum Gasteiger partial charge on any atom is 0.243 e. The van der Waals surface area contributed by atoms with Gasteiger partial charge in [0.2, 0.25) is 5.91 Å². The summed E-state index contributed by atoms with van der Waals surface area (Å²) in [5.41, 5.74) is 0.674. The first-order valence-electron chi connectivity index (χ1n) is 4.42. The molecule has 0 heterocycles. The maximum atomic E-state index is 12.8. The minimum Gasteiger partial charge on any atom is -0.346 e. The van der Waals surface area contributed by atoms with Gasteiger partial charge in [-0.3, -0.25) is 4.79 Å². The van der Waals surface area contributed by atoms with Gasteiger partial charge in [0, 0.05) is 5.02 Å². The van der Waals surface area contributed by atoms with E-state index in [2.05, 4.69) is 11.9 Å². The molecule has 1 aromatic carbocycles. The summed E-state index contributed by atoms with van der Waals surface area (Å²) in [5.74, 6) is -0.686. The SMILES string of the molecule is C=CC(=O)N[C@@H](C)c1ccc(F)cc1Cl. The zero-order valence-corrected chi connectivity index (χ0v) is 9.01. The Morgan fingerprint density at radius 1 is 1.67 bits per heavy atom. The van der Waals surface area contributed by atoms with Crippen molar-refractivity contribution >= 4 is 17.5 Å². The van der Waals surface area contributed by atoms with Gasteiger partial charge in [-0.05, 0) is 30.7 Å². The van der Waals surface area contributed by atoms with Crippen LogP contribution in [0, 0.1) is 5.82 Å². The van der Waals surface area contributed by atoms with Gasteiger partial charge in [0.1, 0.15) is 5.82 Å². The van der Waals surface area contributed by atoms with Crippen molar-refractivity contribution in [3.63, 3.8) is 0 Å². The van der Waals surface area contributed by atoms with E-state index in [1.54, 1.807) is 13.0 Å². The molecule has 0 saturated heterocycles. The Bertz CT molecular complexity index is 392. The summed E-state index contributed by atoms with van der Waals surface area (Å²) in [7, 11) is 0. The van der Waals surface area contributed by atoms with Gasteiger partial charge in [-0.2, -0.15) is 0 Å². The van der Waals surface area contributed by atoms with Gasteiger partial charge in [0.25, 0.3) is 0 Å². The molecule has 1 atom stereocenters. The first-order chi connectivity index (χ1) is 7.04. The lowest BCUT2D eigenvalue weighted by atomic mass is 10.1. The number of carbonyl (C=O) groups excluding carboxylic acids is 1. The van der Waals surface area contributed by atoms with Crippen molar-refractivity contribution in [1.82, 2.24) is 5.32 Å². The molecule has 15 heavy (non-hydrogen) atoms. The van der Waals surface area contributed by atoms with Gasteiger partial charge in [0.05, 0.1) is 6.04 Å². The molecule has 2 nitrogen and oxygen atoms in total. The lowest BCUT2D eigenvalue weighted by molar-refractivity contribution is -0.117. The van der Waals surface area contributed by atoms with Gasteiger partial charge in [-0.1, -0.05) is 24.2 Å². The number of benzene rings is 1. The molecule has 1 amide bonds. The smallest absolute Gasteiger partial charge is 0.243 e. The van der Waals surface area contributed by atoms with E-state index in [4.69, 9.17) is 11.6 Å². The molecule has 0 saturated carbocycles. The quantitative estimate of drug-likeness (QED) is 0.791. The number of nitrogens with one attached hydrogen (secondary N) is 1. The Hall–Kier alpha value is -1.35. The zero-order chi connectivity index (χ0) is 11.4. The molecule has 1 rings (SSSR count). The van der Waals surface area contributed by atoms with Crippen molar-refractivity contribution in [2.24, 2.45) is 0 Å². The molecule has 0 fully saturated rings. The summed E-state index contributed by atoms with van der Waals surface area (Å²) in [6.07, 6.45) is 1.17. The molecule has 1 aromatic rings. The van der Waals surface area contributed by atoms with Crippen LogP contribution in [0.1, 0.15) is 18.5 Å². The van der Waals surface area contributed by atoms with E-state index in [0.29, 0.717) is 10.6 Å². The largest absolute Gasteiger partial charge is 0.346 e. The third-order valence-corrected chi connectivity index (χ3v) is 2.30. The fraction of sp³-hybridized carbons (Fsp3) is 0.182. The Kier molecular flexibility index (Phi) is 3.86. The van der Waals surface area contributed by atoms with Crippen molar-refractivity contribution in [2.75, 3.05) is 0 Å². The average Bonchev–Trinajstić information content (AvgIpc) is 2.17. The maximum absolute atomic E-state index is 12.8. The van der Waals surface area contributed by atoms with Crippen LogP contribution < -0.4 is 5.32 Å². The third-order valence-electron chi connectivity index (χ3n) is 1.97. The Balaban J connectivity index is 2.86. The van der Waals surface area contributed by atoms with Crippen LogP contribution in [0.15, 0.2) is 30.9 Å². The lowest BCUT2D eigenvalue weighted by Gasteiger charge is -2.14. The third kappa shape index (κ3) is 3.06. The number of hydrogen-bond donors (Lipinski definition) is 1. The van der Waals surface area contributed by atoms with E-state index in [-0.39, 0.29) is 11.9 Å². The van der Waals surface area contributed by atoms with Gasteiger partial charge in [-0.15, -0.1) is 0 Å². The monoisotopic (exact) mass is 227 g/mol. The average molecular weight is 228 g/mol. The second kappa shape index (κ2) is 4.94. The van der Waals surface area contributed by atoms with Crippen molar-refractivity contribution in [1.29, 1.82) is 0 Å². The predicted octanol–water partition coefficient (Wildman–Crippen LogP) is 2.84. The molecule has 0 aliphatic rings. The van der Waals surface area contributed by atoms with Crippen LogP contribution in [0.3, 0.4) is 0 Å². The molecule has 0 bridgehead atoms. The lowest BCUT2D eigenvalue weighted by Crippen LogP contribution is -2.24. The van der Waals surface area contributed by atoms with E-state index < -0.39 is 5.82 Å².